The Morgan fingerprint density at radius 1 is 1.43 bits per heavy atom. The van der Waals surface area contributed by atoms with E-state index in [1.54, 1.807) is 12.1 Å². The molecule has 0 aliphatic heterocycles. The van der Waals surface area contributed by atoms with Crippen molar-refractivity contribution in [3.05, 3.63) is 29.6 Å². The predicted molar refractivity (Wildman–Crippen MR) is 75.3 cm³/mol. The summed E-state index contributed by atoms with van der Waals surface area (Å²) < 4.78 is 6.53. The van der Waals surface area contributed by atoms with Crippen LogP contribution in [0.3, 0.4) is 0 Å². The normalized spacial score (nSPS) is 14.3. The van der Waals surface area contributed by atoms with Gasteiger partial charge < -0.3 is 14.4 Å². The Labute approximate surface area is 121 Å². The average Bonchev–Trinajstić information content (AvgIpc) is 3.25. The van der Waals surface area contributed by atoms with Crippen molar-refractivity contribution >= 4 is 23.0 Å². The highest BCUT2D eigenvalue weighted by Crippen LogP contribution is 2.41. The van der Waals surface area contributed by atoms with E-state index in [0.29, 0.717) is 23.5 Å². The number of aromatic carboxylic acids is 1. The molecule has 6 nitrogen and oxygen atoms in total. The van der Waals surface area contributed by atoms with Crippen LogP contribution in [0.1, 0.15) is 41.4 Å². The lowest BCUT2D eigenvalue weighted by Crippen LogP contribution is -2.11. The summed E-state index contributed by atoms with van der Waals surface area (Å²) >= 11 is 0. The van der Waals surface area contributed by atoms with Crippen molar-refractivity contribution in [3.8, 4) is 0 Å². The molecule has 0 spiro atoms. The minimum Gasteiger partial charge on any atom is -0.478 e. The van der Waals surface area contributed by atoms with Crippen molar-refractivity contribution in [1.29, 1.82) is 0 Å². The highest BCUT2D eigenvalue weighted by molar-refractivity contribution is 6.01. The molecule has 0 unspecified atom stereocenters. The van der Waals surface area contributed by atoms with Crippen LogP contribution >= 0.6 is 0 Å². The summed E-state index contributed by atoms with van der Waals surface area (Å²) in [5, 5.41) is 9.36. The molecule has 0 atom stereocenters. The Hall–Kier alpha value is -2.37. The van der Waals surface area contributed by atoms with Crippen molar-refractivity contribution in [2.75, 3.05) is 7.11 Å². The molecule has 6 heteroatoms. The zero-order valence-electron chi connectivity index (χ0n) is 11.7. The predicted octanol–water partition coefficient (Wildman–Crippen LogP) is 2.17. The fraction of sp³-hybridized carbons (Fsp3) is 0.400. The van der Waals surface area contributed by atoms with Gasteiger partial charge in [-0.3, -0.25) is 4.79 Å². The number of methoxy groups -OCH3 is 1. The van der Waals surface area contributed by atoms with Gasteiger partial charge in [0.1, 0.15) is 5.82 Å². The number of carboxylic acids is 1. The second kappa shape index (κ2) is 5.20. The summed E-state index contributed by atoms with van der Waals surface area (Å²) in [6, 6.07) is 5.07. The van der Waals surface area contributed by atoms with E-state index < -0.39 is 5.97 Å². The second-order valence-corrected chi connectivity index (χ2v) is 5.20. The molecule has 2 aromatic rings. The first-order valence-corrected chi connectivity index (χ1v) is 6.91. The fourth-order valence-corrected chi connectivity index (χ4v) is 2.56. The first-order chi connectivity index (χ1) is 10.1. The zero-order valence-corrected chi connectivity index (χ0v) is 11.7. The third-order valence-corrected chi connectivity index (χ3v) is 3.74. The number of para-hydroxylation sites is 1. The van der Waals surface area contributed by atoms with E-state index in [9.17, 15) is 14.7 Å². The Morgan fingerprint density at radius 2 is 2.19 bits per heavy atom. The lowest BCUT2D eigenvalue weighted by Gasteiger charge is -2.09. The van der Waals surface area contributed by atoms with Crippen molar-refractivity contribution in [2.24, 2.45) is 0 Å². The molecule has 3 rings (SSSR count). The van der Waals surface area contributed by atoms with Gasteiger partial charge in [0.05, 0.1) is 30.1 Å². The van der Waals surface area contributed by atoms with E-state index in [-0.39, 0.29) is 18.0 Å². The molecular formula is C15H16N2O4. The van der Waals surface area contributed by atoms with Crippen molar-refractivity contribution in [3.63, 3.8) is 0 Å². The number of carbonyl (C=O) groups is 2. The summed E-state index contributed by atoms with van der Waals surface area (Å²) in [5.41, 5.74) is 1.48. The number of carboxylic acid groups (broad SMARTS) is 1. The Morgan fingerprint density at radius 3 is 2.81 bits per heavy atom. The fourth-order valence-electron chi connectivity index (χ4n) is 2.56. The number of esters is 1. The maximum absolute atomic E-state index is 11.4. The highest BCUT2D eigenvalue weighted by Gasteiger charge is 2.30. The first-order valence-electron chi connectivity index (χ1n) is 6.91. The Kier molecular flexibility index (Phi) is 3.37. The second-order valence-electron chi connectivity index (χ2n) is 5.20. The molecular weight excluding hydrogens is 272 g/mol. The van der Waals surface area contributed by atoms with Crippen LogP contribution in [-0.4, -0.2) is 33.7 Å². The van der Waals surface area contributed by atoms with E-state index in [1.165, 1.54) is 7.11 Å². The van der Waals surface area contributed by atoms with Crippen LogP contribution in [0.25, 0.3) is 11.0 Å². The van der Waals surface area contributed by atoms with Gasteiger partial charge in [-0.1, -0.05) is 6.07 Å². The van der Waals surface area contributed by atoms with Gasteiger partial charge in [-0.05, 0) is 25.0 Å². The molecule has 1 aliphatic rings. The molecule has 1 saturated carbocycles. The van der Waals surface area contributed by atoms with Crippen LogP contribution < -0.4 is 0 Å². The number of carbonyl (C=O) groups excluding carboxylic acids is 1. The van der Waals surface area contributed by atoms with Gasteiger partial charge in [0, 0.05) is 12.5 Å². The highest BCUT2D eigenvalue weighted by atomic mass is 16.5. The van der Waals surface area contributed by atoms with Gasteiger partial charge in [-0.25, -0.2) is 9.78 Å². The monoisotopic (exact) mass is 288 g/mol. The smallest absolute Gasteiger partial charge is 0.337 e. The summed E-state index contributed by atoms with van der Waals surface area (Å²) in [5.74, 6) is -0.0483. The molecule has 1 N–H and O–H groups in total. The molecule has 0 bridgehead atoms. The van der Waals surface area contributed by atoms with Crippen LogP contribution in [0.4, 0.5) is 0 Å². The number of benzene rings is 1. The summed E-state index contributed by atoms with van der Waals surface area (Å²) in [7, 11) is 1.35. The lowest BCUT2D eigenvalue weighted by atomic mass is 10.2. The van der Waals surface area contributed by atoms with Crippen LogP contribution in [0.2, 0.25) is 0 Å². The number of rotatable bonds is 5. The summed E-state index contributed by atoms with van der Waals surface area (Å²) in [6.45, 7) is 0.388. The van der Waals surface area contributed by atoms with Gasteiger partial charge in [0.25, 0.3) is 0 Å². The number of fused-ring (bicyclic) bond motifs is 1. The van der Waals surface area contributed by atoms with Crippen molar-refractivity contribution < 1.29 is 19.4 Å². The quantitative estimate of drug-likeness (QED) is 0.853. The number of ether oxygens (including phenoxy) is 1. The number of aromatic nitrogens is 2. The molecule has 0 radical (unpaired) electrons. The van der Waals surface area contributed by atoms with Crippen molar-refractivity contribution in [1.82, 2.24) is 9.55 Å². The first kappa shape index (κ1) is 13.6. The Balaban J connectivity index is 2.10. The molecule has 1 fully saturated rings. The lowest BCUT2D eigenvalue weighted by molar-refractivity contribution is -0.140. The minimum atomic E-state index is -0.984. The van der Waals surface area contributed by atoms with Gasteiger partial charge in [-0.15, -0.1) is 0 Å². The number of imidazole rings is 1. The van der Waals surface area contributed by atoms with E-state index in [0.717, 1.165) is 18.7 Å². The third-order valence-electron chi connectivity index (χ3n) is 3.74. The van der Waals surface area contributed by atoms with Gasteiger partial charge in [-0.2, -0.15) is 0 Å². The van der Waals surface area contributed by atoms with E-state index in [1.807, 2.05) is 10.6 Å². The van der Waals surface area contributed by atoms with Crippen LogP contribution in [-0.2, 0) is 16.1 Å². The van der Waals surface area contributed by atoms with Gasteiger partial charge in [0.2, 0.25) is 0 Å². The zero-order chi connectivity index (χ0) is 15.0. The molecule has 110 valence electrons. The third kappa shape index (κ3) is 2.49. The molecule has 1 aromatic carbocycles. The van der Waals surface area contributed by atoms with E-state index in [2.05, 4.69) is 9.72 Å². The SMILES string of the molecule is COC(=O)CCn1c(C2CC2)nc2cccc(C(=O)O)c21. The van der Waals surface area contributed by atoms with Crippen molar-refractivity contribution in [2.45, 2.75) is 31.7 Å². The van der Waals surface area contributed by atoms with E-state index in [4.69, 9.17) is 0 Å². The van der Waals surface area contributed by atoms with Crippen LogP contribution in [0.15, 0.2) is 18.2 Å². The summed E-state index contributed by atoms with van der Waals surface area (Å²) in [6.07, 6.45) is 2.32. The molecule has 1 aliphatic carbocycles. The standard InChI is InChI=1S/C15H16N2O4/c1-21-12(18)7-8-17-13-10(15(19)20)3-2-4-11(13)16-14(17)9-5-6-9/h2-4,9H,5-8H2,1H3,(H,19,20). The van der Waals surface area contributed by atoms with Gasteiger partial charge in [0.15, 0.2) is 0 Å². The number of aryl methyl sites for hydroxylation is 1. The number of hydrogen-bond donors (Lipinski definition) is 1. The average molecular weight is 288 g/mol. The van der Waals surface area contributed by atoms with Crippen LogP contribution in [0, 0.1) is 0 Å². The molecule has 1 aromatic heterocycles. The molecule has 0 saturated heterocycles. The van der Waals surface area contributed by atoms with E-state index >= 15 is 0 Å². The minimum absolute atomic E-state index is 0.204. The summed E-state index contributed by atoms with van der Waals surface area (Å²) in [4.78, 5) is 27.4. The molecule has 21 heavy (non-hydrogen) atoms. The number of hydrogen-bond acceptors (Lipinski definition) is 4. The topological polar surface area (TPSA) is 81.4 Å². The Bertz CT molecular complexity index is 716. The largest absolute Gasteiger partial charge is 0.478 e. The molecule has 0 amide bonds. The maximum atomic E-state index is 11.4. The number of nitrogens with zero attached hydrogens (tertiary/aromatic N) is 2. The van der Waals surface area contributed by atoms with Gasteiger partial charge >= 0.3 is 11.9 Å². The van der Waals surface area contributed by atoms with Crippen LogP contribution in [0.5, 0.6) is 0 Å². The molecule has 1 heterocycles. The maximum Gasteiger partial charge on any atom is 0.337 e.